The van der Waals surface area contributed by atoms with E-state index >= 15 is 0 Å². The minimum atomic E-state index is 0.0907. The fourth-order valence-corrected chi connectivity index (χ4v) is 4.49. The van der Waals surface area contributed by atoms with Gasteiger partial charge >= 0.3 is 0 Å². The maximum Gasteiger partial charge on any atom is 0.237 e. The van der Waals surface area contributed by atoms with Gasteiger partial charge in [-0.25, -0.2) is 4.98 Å². The number of rotatable bonds is 7. The molecule has 0 aliphatic rings. The van der Waals surface area contributed by atoms with Crippen LogP contribution in [0.2, 0.25) is 0 Å². The summed E-state index contributed by atoms with van der Waals surface area (Å²) in [5, 5.41) is 0. The Bertz CT molecular complexity index is 849. The zero-order valence-electron chi connectivity index (χ0n) is 14.3. The van der Waals surface area contributed by atoms with Crippen LogP contribution in [0.5, 0.6) is 5.75 Å². The molecule has 0 aliphatic heterocycles. The van der Waals surface area contributed by atoms with Crippen LogP contribution in [-0.2, 0) is 4.79 Å². The molecular weight excluding hydrogens is 352 g/mol. The van der Waals surface area contributed by atoms with E-state index in [0.717, 1.165) is 26.0 Å². The third-order valence-corrected chi connectivity index (χ3v) is 5.80. The van der Waals surface area contributed by atoms with Crippen molar-refractivity contribution in [2.45, 2.75) is 18.2 Å². The summed E-state index contributed by atoms with van der Waals surface area (Å²) >= 11 is 3.08. The van der Waals surface area contributed by atoms with E-state index in [1.807, 2.05) is 62.4 Å². The highest BCUT2D eigenvalue weighted by molar-refractivity contribution is 8.01. The summed E-state index contributed by atoms with van der Waals surface area (Å²) in [5.74, 6) is 1.32. The van der Waals surface area contributed by atoms with Crippen molar-refractivity contribution in [1.82, 2.24) is 4.98 Å². The predicted octanol–water partition coefficient (Wildman–Crippen LogP) is 4.84. The molecule has 4 nitrogen and oxygen atoms in total. The topological polar surface area (TPSA) is 42.4 Å². The predicted molar refractivity (Wildman–Crippen MR) is 106 cm³/mol. The molecule has 0 atom stereocenters. The lowest BCUT2D eigenvalue weighted by molar-refractivity contribution is -0.116. The average molecular weight is 373 g/mol. The van der Waals surface area contributed by atoms with Crippen molar-refractivity contribution in [3.8, 4) is 5.75 Å². The first-order valence-electron chi connectivity index (χ1n) is 8.23. The van der Waals surface area contributed by atoms with Gasteiger partial charge in [-0.05, 0) is 44.2 Å². The number of thiazole rings is 1. The second-order valence-corrected chi connectivity index (χ2v) is 7.56. The molecule has 1 amide bonds. The number of hydrogen-bond acceptors (Lipinski definition) is 5. The van der Waals surface area contributed by atoms with Gasteiger partial charge in [0.25, 0.3) is 0 Å². The first-order valence-corrected chi connectivity index (χ1v) is 10.0. The second-order valence-electron chi connectivity index (χ2n) is 5.30. The van der Waals surface area contributed by atoms with Crippen LogP contribution in [0.1, 0.15) is 13.8 Å². The van der Waals surface area contributed by atoms with Crippen molar-refractivity contribution in [2.24, 2.45) is 0 Å². The molecule has 0 bridgehead atoms. The molecule has 3 aromatic rings. The van der Waals surface area contributed by atoms with Gasteiger partial charge in [-0.2, -0.15) is 0 Å². The molecular formula is C19H20N2O2S2. The molecule has 0 unspecified atom stereocenters. The Balaban J connectivity index is 1.68. The van der Waals surface area contributed by atoms with Crippen LogP contribution in [0.4, 0.5) is 5.69 Å². The largest absolute Gasteiger partial charge is 0.494 e. The fraction of sp³-hybridized carbons (Fsp3) is 0.263. The minimum Gasteiger partial charge on any atom is -0.494 e. The van der Waals surface area contributed by atoms with Crippen LogP contribution < -0.4 is 9.64 Å². The van der Waals surface area contributed by atoms with E-state index < -0.39 is 0 Å². The maximum absolute atomic E-state index is 12.6. The lowest BCUT2D eigenvalue weighted by Gasteiger charge is -2.20. The Morgan fingerprint density at radius 2 is 2.00 bits per heavy atom. The molecule has 0 aliphatic carbocycles. The third-order valence-electron chi connectivity index (χ3n) is 3.66. The summed E-state index contributed by atoms with van der Waals surface area (Å²) in [7, 11) is 0. The fourth-order valence-electron chi connectivity index (χ4n) is 2.51. The molecule has 1 aromatic heterocycles. The minimum absolute atomic E-state index is 0.0907. The van der Waals surface area contributed by atoms with Gasteiger partial charge in [0.15, 0.2) is 4.34 Å². The SMILES string of the molecule is CCOc1ccc2nc(SCC(=O)N(CC)c3ccccc3)sc2c1. The van der Waals surface area contributed by atoms with Gasteiger partial charge in [-0.1, -0.05) is 30.0 Å². The number of amides is 1. The van der Waals surface area contributed by atoms with Gasteiger partial charge in [0.2, 0.25) is 5.91 Å². The number of fused-ring (bicyclic) bond motifs is 1. The smallest absolute Gasteiger partial charge is 0.237 e. The van der Waals surface area contributed by atoms with Crippen LogP contribution in [0.25, 0.3) is 10.2 Å². The van der Waals surface area contributed by atoms with Gasteiger partial charge in [-0.15, -0.1) is 11.3 Å². The summed E-state index contributed by atoms with van der Waals surface area (Å²) in [4.78, 5) is 19.0. The maximum atomic E-state index is 12.6. The van der Waals surface area contributed by atoms with Gasteiger partial charge in [0.05, 0.1) is 22.6 Å². The zero-order chi connectivity index (χ0) is 17.6. The Morgan fingerprint density at radius 3 is 2.72 bits per heavy atom. The standard InChI is InChI=1S/C19H20N2O2S2/c1-3-21(14-8-6-5-7-9-14)18(22)13-24-19-20-16-11-10-15(23-4-2)12-17(16)25-19/h5-12H,3-4,13H2,1-2H3. The molecule has 0 N–H and O–H groups in total. The van der Waals surface area contributed by atoms with Gasteiger partial charge < -0.3 is 9.64 Å². The molecule has 0 spiro atoms. The lowest BCUT2D eigenvalue weighted by Crippen LogP contribution is -2.32. The highest BCUT2D eigenvalue weighted by Gasteiger charge is 2.15. The molecule has 130 valence electrons. The molecule has 6 heteroatoms. The highest BCUT2D eigenvalue weighted by Crippen LogP contribution is 2.32. The van der Waals surface area contributed by atoms with Crippen LogP contribution in [0.3, 0.4) is 0 Å². The van der Waals surface area contributed by atoms with Crippen molar-refractivity contribution in [1.29, 1.82) is 0 Å². The van der Waals surface area contributed by atoms with Crippen molar-refractivity contribution in [3.63, 3.8) is 0 Å². The van der Waals surface area contributed by atoms with Crippen molar-refractivity contribution in [3.05, 3.63) is 48.5 Å². The normalized spacial score (nSPS) is 10.8. The molecule has 0 radical (unpaired) electrons. The van der Waals surface area contributed by atoms with Gasteiger partial charge in [0.1, 0.15) is 5.75 Å². The van der Waals surface area contributed by atoms with Crippen molar-refractivity contribution in [2.75, 3.05) is 23.8 Å². The second kappa shape index (κ2) is 8.36. The van der Waals surface area contributed by atoms with Crippen LogP contribution in [0, 0.1) is 0 Å². The quantitative estimate of drug-likeness (QED) is 0.557. The number of nitrogens with zero attached hydrogens (tertiary/aromatic N) is 2. The van der Waals surface area contributed by atoms with Crippen LogP contribution in [-0.4, -0.2) is 29.8 Å². The summed E-state index contributed by atoms with van der Waals surface area (Å²) in [5.41, 5.74) is 1.88. The third kappa shape index (κ3) is 4.32. The van der Waals surface area contributed by atoms with E-state index in [-0.39, 0.29) is 5.91 Å². The Labute approximate surface area is 155 Å². The summed E-state index contributed by atoms with van der Waals surface area (Å²) < 4.78 is 7.51. The first kappa shape index (κ1) is 17.8. The van der Waals surface area contributed by atoms with E-state index in [1.54, 1.807) is 16.2 Å². The number of para-hydroxylation sites is 1. The van der Waals surface area contributed by atoms with Crippen LogP contribution in [0.15, 0.2) is 52.9 Å². The Hall–Kier alpha value is -2.05. The lowest BCUT2D eigenvalue weighted by atomic mass is 10.3. The molecule has 0 fully saturated rings. The van der Waals surface area contributed by atoms with Crippen LogP contribution >= 0.6 is 23.1 Å². The number of thioether (sulfide) groups is 1. The van der Waals surface area contributed by atoms with Gasteiger partial charge in [0, 0.05) is 12.2 Å². The molecule has 2 aromatic carbocycles. The number of hydrogen-bond donors (Lipinski definition) is 0. The zero-order valence-corrected chi connectivity index (χ0v) is 15.9. The van der Waals surface area contributed by atoms with Crippen molar-refractivity contribution >= 4 is 44.9 Å². The number of carbonyl (C=O) groups excluding carboxylic acids is 1. The summed E-state index contributed by atoms with van der Waals surface area (Å²) in [6, 6.07) is 15.7. The molecule has 25 heavy (non-hydrogen) atoms. The van der Waals surface area contributed by atoms with E-state index in [1.165, 1.54) is 11.8 Å². The van der Waals surface area contributed by atoms with E-state index in [2.05, 4.69) is 4.98 Å². The number of carbonyl (C=O) groups is 1. The number of benzene rings is 2. The molecule has 1 heterocycles. The number of ether oxygens (including phenoxy) is 1. The Kier molecular flexibility index (Phi) is 5.94. The van der Waals surface area contributed by atoms with Gasteiger partial charge in [-0.3, -0.25) is 4.79 Å². The van der Waals surface area contributed by atoms with E-state index in [0.29, 0.717) is 18.9 Å². The van der Waals surface area contributed by atoms with Crippen molar-refractivity contribution < 1.29 is 9.53 Å². The monoisotopic (exact) mass is 372 g/mol. The number of aromatic nitrogens is 1. The van der Waals surface area contributed by atoms with E-state index in [4.69, 9.17) is 4.74 Å². The van der Waals surface area contributed by atoms with E-state index in [9.17, 15) is 4.79 Å². The Morgan fingerprint density at radius 1 is 1.20 bits per heavy atom. The molecule has 3 rings (SSSR count). The summed E-state index contributed by atoms with van der Waals surface area (Å²) in [6.45, 7) is 5.26. The molecule has 0 saturated carbocycles. The number of anilines is 1. The summed E-state index contributed by atoms with van der Waals surface area (Å²) in [6.07, 6.45) is 0. The molecule has 0 saturated heterocycles. The average Bonchev–Trinajstić information content (AvgIpc) is 3.04. The first-order chi connectivity index (χ1) is 12.2. The highest BCUT2D eigenvalue weighted by atomic mass is 32.2.